The van der Waals surface area contributed by atoms with Crippen molar-refractivity contribution >= 4 is 20.1 Å². The Bertz CT molecular complexity index is 1130. The van der Waals surface area contributed by atoms with Gasteiger partial charge < -0.3 is 0 Å². The van der Waals surface area contributed by atoms with E-state index < -0.39 is 20.1 Å². The maximum Gasteiger partial charge on any atom is 0.294 e. The van der Waals surface area contributed by atoms with E-state index in [0.29, 0.717) is 6.42 Å². The Hall–Kier alpha value is -1.74. The molecule has 3 rings (SSSR count). The van der Waals surface area contributed by atoms with Gasteiger partial charge in [-0.05, 0) is 79.6 Å². The highest BCUT2D eigenvalue weighted by molar-refractivity contribution is 7.89. The van der Waals surface area contributed by atoms with Gasteiger partial charge in [-0.2, -0.15) is 12.7 Å². The SMILES string of the molecule is CCC(C)N(C(C)CC)S(=O)(=O)c1ccc2c(c1)Cc1cc(S(=O)(=O)O)ccc1-2. The number of fused-ring (bicyclic) bond motifs is 3. The van der Waals surface area contributed by atoms with Gasteiger partial charge in [-0.25, -0.2) is 8.42 Å². The summed E-state index contributed by atoms with van der Waals surface area (Å²) in [5.41, 5.74) is 3.34. The van der Waals surface area contributed by atoms with Crippen molar-refractivity contribution in [3.63, 3.8) is 0 Å². The lowest BCUT2D eigenvalue weighted by molar-refractivity contribution is 0.262. The molecule has 158 valence electrons. The summed E-state index contributed by atoms with van der Waals surface area (Å²) in [5, 5.41) is 0. The van der Waals surface area contributed by atoms with Gasteiger partial charge in [0.15, 0.2) is 0 Å². The minimum absolute atomic E-state index is 0.113. The number of sulfonamides is 1. The van der Waals surface area contributed by atoms with Crippen LogP contribution in [0, 0.1) is 0 Å². The highest BCUT2D eigenvalue weighted by atomic mass is 32.2. The van der Waals surface area contributed by atoms with Crippen LogP contribution in [0.25, 0.3) is 11.1 Å². The monoisotopic (exact) mass is 437 g/mol. The molecule has 29 heavy (non-hydrogen) atoms. The van der Waals surface area contributed by atoms with Gasteiger partial charge in [0.1, 0.15) is 0 Å². The fraction of sp³-hybridized carbons (Fsp3) is 0.429. The number of hydrogen-bond acceptors (Lipinski definition) is 4. The van der Waals surface area contributed by atoms with Gasteiger partial charge in [0, 0.05) is 12.1 Å². The maximum atomic E-state index is 13.4. The lowest BCUT2D eigenvalue weighted by Gasteiger charge is -2.32. The van der Waals surface area contributed by atoms with Crippen LogP contribution in [-0.4, -0.2) is 37.8 Å². The topological polar surface area (TPSA) is 91.8 Å². The molecule has 0 aromatic heterocycles. The first-order chi connectivity index (χ1) is 13.5. The normalized spacial score (nSPS) is 15.8. The molecule has 0 saturated carbocycles. The number of rotatable bonds is 7. The zero-order chi connectivity index (χ0) is 21.6. The number of nitrogens with zero attached hydrogens (tertiary/aromatic N) is 1. The molecule has 0 aliphatic heterocycles. The average Bonchev–Trinajstić information content (AvgIpc) is 3.03. The molecule has 0 bridgehead atoms. The van der Waals surface area contributed by atoms with E-state index >= 15 is 0 Å². The molecule has 0 heterocycles. The number of benzene rings is 2. The lowest BCUT2D eigenvalue weighted by atomic mass is 10.1. The fourth-order valence-electron chi connectivity index (χ4n) is 3.87. The van der Waals surface area contributed by atoms with Crippen molar-refractivity contribution in [2.75, 3.05) is 0 Å². The minimum atomic E-state index is -4.28. The molecule has 6 nitrogen and oxygen atoms in total. The Balaban J connectivity index is 2.03. The molecule has 0 amide bonds. The van der Waals surface area contributed by atoms with Crippen LogP contribution in [0.4, 0.5) is 0 Å². The molecule has 0 radical (unpaired) electrons. The third kappa shape index (κ3) is 3.99. The number of hydrogen-bond donors (Lipinski definition) is 1. The second kappa shape index (κ2) is 7.83. The van der Waals surface area contributed by atoms with Crippen LogP contribution in [0.3, 0.4) is 0 Å². The van der Waals surface area contributed by atoms with Crippen LogP contribution >= 0.6 is 0 Å². The van der Waals surface area contributed by atoms with E-state index in [1.807, 2.05) is 27.7 Å². The van der Waals surface area contributed by atoms with Crippen LogP contribution in [0.1, 0.15) is 51.7 Å². The first-order valence-electron chi connectivity index (χ1n) is 9.78. The van der Waals surface area contributed by atoms with Crippen molar-refractivity contribution in [3.05, 3.63) is 47.5 Å². The fourth-order valence-corrected chi connectivity index (χ4v) is 6.43. The third-order valence-electron chi connectivity index (χ3n) is 5.75. The zero-order valence-electron chi connectivity index (χ0n) is 17.1. The molecule has 8 heteroatoms. The third-order valence-corrected chi connectivity index (χ3v) is 8.72. The van der Waals surface area contributed by atoms with Gasteiger partial charge in [-0.3, -0.25) is 4.55 Å². The molecular weight excluding hydrogens is 410 g/mol. The van der Waals surface area contributed by atoms with E-state index in [1.54, 1.807) is 28.6 Å². The largest absolute Gasteiger partial charge is 0.294 e. The van der Waals surface area contributed by atoms with E-state index in [2.05, 4.69) is 0 Å². The van der Waals surface area contributed by atoms with Crippen molar-refractivity contribution in [2.45, 2.75) is 68.8 Å². The van der Waals surface area contributed by atoms with Crippen LogP contribution in [0.5, 0.6) is 0 Å². The Kier molecular flexibility index (Phi) is 5.93. The van der Waals surface area contributed by atoms with Gasteiger partial charge >= 0.3 is 0 Å². The molecular formula is C21H27NO5S2. The Labute approximate surface area is 173 Å². The smallest absolute Gasteiger partial charge is 0.282 e. The predicted octanol–water partition coefficient (Wildman–Crippen LogP) is 4.09. The Morgan fingerprint density at radius 2 is 1.31 bits per heavy atom. The second-order valence-electron chi connectivity index (χ2n) is 7.64. The van der Waals surface area contributed by atoms with E-state index in [9.17, 15) is 21.4 Å². The molecule has 0 fully saturated rings. The average molecular weight is 438 g/mol. The van der Waals surface area contributed by atoms with Crippen molar-refractivity contribution in [1.29, 1.82) is 0 Å². The van der Waals surface area contributed by atoms with E-state index in [4.69, 9.17) is 0 Å². The summed E-state index contributed by atoms with van der Waals surface area (Å²) in [6, 6.07) is 9.34. The van der Waals surface area contributed by atoms with Crippen LogP contribution in [0.2, 0.25) is 0 Å². The van der Waals surface area contributed by atoms with E-state index in [0.717, 1.165) is 35.1 Å². The summed E-state index contributed by atoms with van der Waals surface area (Å²) in [4.78, 5) is 0.0938. The minimum Gasteiger partial charge on any atom is -0.282 e. The van der Waals surface area contributed by atoms with Crippen LogP contribution in [0.15, 0.2) is 46.2 Å². The van der Waals surface area contributed by atoms with Gasteiger partial charge in [0.25, 0.3) is 10.1 Å². The van der Waals surface area contributed by atoms with Gasteiger partial charge in [0.05, 0.1) is 9.79 Å². The second-order valence-corrected chi connectivity index (χ2v) is 10.9. The van der Waals surface area contributed by atoms with Gasteiger partial charge in [-0.1, -0.05) is 26.0 Å². The zero-order valence-corrected chi connectivity index (χ0v) is 18.7. The van der Waals surface area contributed by atoms with E-state index in [1.165, 1.54) is 12.1 Å². The molecule has 1 aliphatic rings. The molecule has 2 aromatic rings. The first-order valence-corrected chi connectivity index (χ1v) is 12.7. The van der Waals surface area contributed by atoms with Crippen LogP contribution < -0.4 is 0 Å². The molecule has 2 unspecified atom stereocenters. The molecule has 0 saturated heterocycles. The lowest BCUT2D eigenvalue weighted by Crippen LogP contribution is -2.44. The molecule has 1 aliphatic carbocycles. The molecule has 0 spiro atoms. The highest BCUT2D eigenvalue weighted by Crippen LogP contribution is 2.39. The van der Waals surface area contributed by atoms with Crippen molar-refractivity contribution in [1.82, 2.24) is 4.31 Å². The molecule has 1 N–H and O–H groups in total. The summed E-state index contributed by atoms with van der Waals surface area (Å²) < 4.78 is 60.5. The standard InChI is InChI=1S/C21H27NO5S2/c1-5-14(3)22(15(4)6-2)28(23,24)18-7-9-20-16(12-18)11-17-13-19(29(25,26)27)8-10-21(17)20/h7-10,12-15H,5-6,11H2,1-4H3,(H,25,26,27). The predicted molar refractivity (Wildman–Crippen MR) is 113 cm³/mol. The first kappa shape index (κ1) is 22.0. The summed E-state index contributed by atoms with van der Waals surface area (Å²) in [6.07, 6.45) is 1.86. The Morgan fingerprint density at radius 3 is 1.76 bits per heavy atom. The summed E-state index contributed by atoms with van der Waals surface area (Å²) in [7, 11) is -7.95. The molecule has 2 aromatic carbocycles. The Morgan fingerprint density at radius 1 is 0.862 bits per heavy atom. The summed E-state index contributed by atoms with van der Waals surface area (Å²) in [5.74, 6) is 0. The summed E-state index contributed by atoms with van der Waals surface area (Å²) >= 11 is 0. The summed E-state index contributed by atoms with van der Waals surface area (Å²) in [6.45, 7) is 7.79. The maximum absolute atomic E-state index is 13.4. The van der Waals surface area contributed by atoms with Gasteiger partial charge in [0.2, 0.25) is 10.0 Å². The van der Waals surface area contributed by atoms with Crippen molar-refractivity contribution in [2.24, 2.45) is 0 Å². The van der Waals surface area contributed by atoms with Crippen molar-refractivity contribution in [3.8, 4) is 11.1 Å². The van der Waals surface area contributed by atoms with Crippen molar-refractivity contribution < 1.29 is 21.4 Å². The van der Waals surface area contributed by atoms with Gasteiger partial charge in [-0.15, -0.1) is 0 Å². The molecule has 2 atom stereocenters. The van der Waals surface area contributed by atoms with E-state index in [-0.39, 0.29) is 21.9 Å². The quantitative estimate of drug-likeness (QED) is 0.562. The van der Waals surface area contributed by atoms with Crippen LogP contribution in [-0.2, 0) is 26.6 Å². The highest BCUT2D eigenvalue weighted by Gasteiger charge is 2.33.